The van der Waals surface area contributed by atoms with Crippen LogP contribution in [-0.2, 0) is 11.3 Å². The first-order valence-corrected chi connectivity index (χ1v) is 8.63. The Balaban J connectivity index is 0.00000484. The molecule has 0 aromatic carbocycles. The van der Waals surface area contributed by atoms with Gasteiger partial charge in [-0.05, 0) is 50.1 Å². The number of carbonyl (C=O) groups is 1. The Morgan fingerprint density at radius 2 is 1.96 bits per heavy atom. The van der Waals surface area contributed by atoms with Gasteiger partial charge in [-0.15, -0.1) is 24.0 Å². The van der Waals surface area contributed by atoms with Crippen molar-refractivity contribution in [1.29, 1.82) is 0 Å². The Kier molecular flexibility index (Phi) is 10.5. The number of halogens is 1. The second kappa shape index (κ2) is 10.9. The van der Waals surface area contributed by atoms with Gasteiger partial charge in [-0.2, -0.15) is 11.3 Å². The molecule has 1 amide bonds. The third kappa shape index (κ3) is 7.52. The van der Waals surface area contributed by atoms with Crippen LogP contribution < -0.4 is 10.6 Å². The van der Waals surface area contributed by atoms with Gasteiger partial charge in [0, 0.05) is 26.7 Å². The molecule has 0 radical (unpaired) electrons. The van der Waals surface area contributed by atoms with Gasteiger partial charge in [0.05, 0.1) is 12.0 Å². The van der Waals surface area contributed by atoms with Crippen molar-refractivity contribution in [2.45, 2.75) is 34.2 Å². The summed E-state index contributed by atoms with van der Waals surface area (Å²) in [6.07, 6.45) is 0. The highest BCUT2D eigenvalue weighted by Crippen LogP contribution is 2.16. The van der Waals surface area contributed by atoms with E-state index in [0.29, 0.717) is 13.1 Å². The lowest BCUT2D eigenvalue weighted by Crippen LogP contribution is -2.42. The summed E-state index contributed by atoms with van der Waals surface area (Å²) in [4.78, 5) is 18.8. The van der Waals surface area contributed by atoms with E-state index in [1.54, 1.807) is 11.3 Å². The molecule has 5 nitrogen and oxygen atoms in total. The topological polar surface area (TPSA) is 56.7 Å². The molecule has 1 rings (SSSR count). The van der Waals surface area contributed by atoms with Crippen molar-refractivity contribution in [1.82, 2.24) is 15.5 Å². The van der Waals surface area contributed by atoms with Gasteiger partial charge in [0.25, 0.3) is 0 Å². The normalized spacial score (nSPS) is 11.6. The highest BCUT2D eigenvalue weighted by atomic mass is 127. The average Bonchev–Trinajstić information content (AvgIpc) is 2.96. The fraction of sp³-hybridized carbons (Fsp3) is 0.625. The van der Waals surface area contributed by atoms with Gasteiger partial charge >= 0.3 is 0 Å². The zero-order chi connectivity index (χ0) is 16.6. The molecule has 1 aromatic heterocycles. The predicted octanol–water partition coefficient (Wildman–Crippen LogP) is 2.93. The first-order chi connectivity index (χ1) is 10.4. The summed E-state index contributed by atoms with van der Waals surface area (Å²) in [5.41, 5.74) is 0.751. The molecule has 0 aliphatic carbocycles. The molecule has 1 heterocycles. The highest BCUT2D eigenvalue weighted by molar-refractivity contribution is 14.0. The Hall–Kier alpha value is -0.830. The fourth-order valence-corrected chi connectivity index (χ4v) is 2.61. The monoisotopic (exact) mass is 452 g/mol. The molecule has 0 saturated heterocycles. The van der Waals surface area contributed by atoms with E-state index in [0.717, 1.165) is 19.0 Å². The number of thiophene rings is 1. The summed E-state index contributed by atoms with van der Waals surface area (Å²) in [6, 6.07) is 2.11. The van der Waals surface area contributed by atoms with Crippen LogP contribution in [0.1, 0.15) is 33.3 Å². The van der Waals surface area contributed by atoms with E-state index in [4.69, 9.17) is 0 Å². The molecule has 2 N–H and O–H groups in total. The maximum atomic E-state index is 12.0. The van der Waals surface area contributed by atoms with Crippen LogP contribution in [0.3, 0.4) is 0 Å². The van der Waals surface area contributed by atoms with Crippen molar-refractivity contribution in [2.24, 2.45) is 10.4 Å². The largest absolute Gasteiger partial charge is 0.357 e. The lowest BCUT2D eigenvalue weighted by atomic mass is 9.92. The summed E-state index contributed by atoms with van der Waals surface area (Å²) < 4.78 is 0. The lowest BCUT2D eigenvalue weighted by Gasteiger charge is -2.25. The summed E-state index contributed by atoms with van der Waals surface area (Å²) in [6.45, 7) is 10.5. The first-order valence-electron chi connectivity index (χ1n) is 7.69. The number of nitrogens with zero attached hydrogens (tertiary/aromatic N) is 2. The van der Waals surface area contributed by atoms with Crippen LogP contribution in [0.15, 0.2) is 21.8 Å². The van der Waals surface area contributed by atoms with Crippen molar-refractivity contribution < 1.29 is 4.79 Å². The second-order valence-corrected chi connectivity index (χ2v) is 6.68. The van der Waals surface area contributed by atoms with Gasteiger partial charge in [0.2, 0.25) is 5.91 Å². The van der Waals surface area contributed by atoms with E-state index in [1.807, 2.05) is 34.7 Å². The summed E-state index contributed by atoms with van der Waals surface area (Å²) in [5, 5.41) is 10.4. The number of rotatable bonds is 7. The van der Waals surface area contributed by atoms with Crippen LogP contribution in [0.2, 0.25) is 0 Å². The fourth-order valence-electron chi connectivity index (χ4n) is 1.95. The second-order valence-electron chi connectivity index (χ2n) is 5.90. The van der Waals surface area contributed by atoms with Crippen molar-refractivity contribution in [3.63, 3.8) is 0 Å². The minimum Gasteiger partial charge on any atom is -0.357 e. The predicted molar refractivity (Wildman–Crippen MR) is 110 cm³/mol. The number of hydrogen-bond donors (Lipinski definition) is 2. The Morgan fingerprint density at radius 1 is 1.30 bits per heavy atom. The van der Waals surface area contributed by atoms with Gasteiger partial charge in [-0.3, -0.25) is 9.79 Å². The molecule has 7 heteroatoms. The molecule has 0 aliphatic heterocycles. The SMILES string of the molecule is CCNC(=O)C(C)(C)CN=C(NCC)N(C)Cc1ccsc1.I. The molecule has 23 heavy (non-hydrogen) atoms. The minimum absolute atomic E-state index is 0. The zero-order valence-corrected chi connectivity index (χ0v) is 17.8. The molecule has 132 valence electrons. The maximum Gasteiger partial charge on any atom is 0.227 e. The molecule has 0 unspecified atom stereocenters. The quantitative estimate of drug-likeness (QED) is 0.380. The van der Waals surface area contributed by atoms with Gasteiger partial charge < -0.3 is 15.5 Å². The van der Waals surface area contributed by atoms with Crippen LogP contribution in [0.25, 0.3) is 0 Å². The van der Waals surface area contributed by atoms with Gasteiger partial charge in [0.1, 0.15) is 0 Å². The third-order valence-corrected chi connectivity index (χ3v) is 4.00. The highest BCUT2D eigenvalue weighted by Gasteiger charge is 2.27. The lowest BCUT2D eigenvalue weighted by molar-refractivity contribution is -0.128. The summed E-state index contributed by atoms with van der Waals surface area (Å²) in [5.74, 6) is 0.862. The number of amides is 1. The van der Waals surface area contributed by atoms with E-state index in [1.165, 1.54) is 5.56 Å². The smallest absolute Gasteiger partial charge is 0.227 e. The van der Waals surface area contributed by atoms with Crippen molar-refractivity contribution in [3.05, 3.63) is 22.4 Å². The van der Waals surface area contributed by atoms with Crippen molar-refractivity contribution in [2.75, 3.05) is 26.7 Å². The maximum absolute atomic E-state index is 12.0. The zero-order valence-electron chi connectivity index (χ0n) is 14.7. The molecular formula is C16H29IN4OS. The Labute approximate surface area is 161 Å². The standard InChI is InChI=1S/C16H28N4OS.HI/c1-6-17-14(21)16(3,4)12-19-15(18-7-2)20(5)10-13-8-9-22-11-13;/h8-9,11H,6-7,10,12H2,1-5H3,(H,17,21)(H,18,19);1H. The number of carbonyl (C=O) groups excluding carboxylic acids is 1. The molecule has 0 spiro atoms. The van der Waals surface area contributed by atoms with Crippen LogP contribution in [-0.4, -0.2) is 43.4 Å². The number of aliphatic imine (C=N–C) groups is 1. The van der Waals surface area contributed by atoms with E-state index >= 15 is 0 Å². The molecular weight excluding hydrogens is 423 g/mol. The van der Waals surface area contributed by atoms with Gasteiger partial charge in [-0.1, -0.05) is 0 Å². The van der Waals surface area contributed by atoms with Gasteiger partial charge in [-0.25, -0.2) is 0 Å². The van der Waals surface area contributed by atoms with E-state index < -0.39 is 5.41 Å². The Bertz CT molecular complexity index is 488. The van der Waals surface area contributed by atoms with E-state index in [-0.39, 0.29) is 29.9 Å². The number of nitrogens with one attached hydrogen (secondary N) is 2. The van der Waals surface area contributed by atoms with Gasteiger partial charge in [0.15, 0.2) is 5.96 Å². The average molecular weight is 452 g/mol. The third-order valence-electron chi connectivity index (χ3n) is 3.27. The minimum atomic E-state index is -0.514. The van der Waals surface area contributed by atoms with Crippen LogP contribution in [0.4, 0.5) is 0 Å². The van der Waals surface area contributed by atoms with Crippen LogP contribution >= 0.6 is 35.3 Å². The van der Waals surface area contributed by atoms with E-state index in [9.17, 15) is 4.79 Å². The summed E-state index contributed by atoms with van der Waals surface area (Å²) >= 11 is 1.69. The molecule has 0 atom stereocenters. The summed E-state index contributed by atoms with van der Waals surface area (Å²) in [7, 11) is 2.01. The van der Waals surface area contributed by atoms with Crippen LogP contribution in [0.5, 0.6) is 0 Å². The van der Waals surface area contributed by atoms with Crippen LogP contribution in [0, 0.1) is 5.41 Å². The number of hydrogen-bond acceptors (Lipinski definition) is 3. The van der Waals surface area contributed by atoms with Crippen molar-refractivity contribution >= 4 is 47.2 Å². The molecule has 0 fully saturated rings. The molecule has 0 aliphatic rings. The number of guanidine groups is 1. The molecule has 1 aromatic rings. The molecule has 0 bridgehead atoms. The van der Waals surface area contributed by atoms with E-state index in [2.05, 4.69) is 37.4 Å². The van der Waals surface area contributed by atoms with Crippen molar-refractivity contribution in [3.8, 4) is 0 Å². The first kappa shape index (κ1) is 22.2. The molecule has 0 saturated carbocycles. The Morgan fingerprint density at radius 3 is 2.48 bits per heavy atom.